The molecule has 90 valence electrons. The lowest BCUT2D eigenvalue weighted by Gasteiger charge is -2.26. The van der Waals surface area contributed by atoms with E-state index < -0.39 is 17.3 Å². The van der Waals surface area contributed by atoms with E-state index >= 15 is 0 Å². The molecule has 0 aliphatic rings. The highest BCUT2D eigenvalue weighted by atomic mass is 16.5. The van der Waals surface area contributed by atoms with Crippen LogP contribution in [0.25, 0.3) is 0 Å². The number of hydrogen-bond donors (Lipinski definition) is 0. The van der Waals surface area contributed by atoms with E-state index in [-0.39, 0.29) is 12.4 Å². The zero-order valence-electron chi connectivity index (χ0n) is 10.2. The van der Waals surface area contributed by atoms with E-state index in [1.165, 1.54) is 14.2 Å². The van der Waals surface area contributed by atoms with Crippen molar-refractivity contribution < 1.29 is 19.1 Å². The summed E-state index contributed by atoms with van der Waals surface area (Å²) in [7, 11) is 2.61. The number of esters is 2. The number of ether oxygens (including phenoxy) is 2. The van der Waals surface area contributed by atoms with Crippen molar-refractivity contribution in [1.82, 2.24) is 0 Å². The smallest absolute Gasteiger partial charge is 0.310 e. The van der Waals surface area contributed by atoms with Crippen molar-refractivity contribution >= 4 is 11.9 Å². The summed E-state index contributed by atoms with van der Waals surface area (Å²) in [5.41, 5.74) is -0.638. The van der Waals surface area contributed by atoms with Gasteiger partial charge < -0.3 is 9.47 Å². The van der Waals surface area contributed by atoms with Gasteiger partial charge in [-0.15, -0.1) is 6.42 Å². The molecule has 0 aliphatic heterocycles. The fourth-order valence-corrected chi connectivity index (χ4v) is 1.38. The Morgan fingerprint density at radius 2 is 1.88 bits per heavy atom. The summed E-state index contributed by atoms with van der Waals surface area (Å²) in [5.74, 6) is 1.29. The number of carbonyl (C=O) groups is 2. The van der Waals surface area contributed by atoms with E-state index in [2.05, 4.69) is 15.4 Å². The second kappa shape index (κ2) is 6.16. The van der Waals surface area contributed by atoms with Crippen LogP contribution >= 0.6 is 0 Å². The van der Waals surface area contributed by atoms with E-state index in [0.717, 1.165) is 0 Å². The summed E-state index contributed by atoms with van der Waals surface area (Å²) in [5, 5.41) is 0. The second-order valence-electron chi connectivity index (χ2n) is 4.06. The van der Waals surface area contributed by atoms with Gasteiger partial charge in [-0.05, 0) is 20.3 Å². The lowest BCUT2D eigenvalue weighted by Crippen LogP contribution is -2.31. The third kappa shape index (κ3) is 3.93. The Morgan fingerprint density at radius 1 is 1.31 bits per heavy atom. The van der Waals surface area contributed by atoms with Crippen molar-refractivity contribution in [3.8, 4) is 12.3 Å². The van der Waals surface area contributed by atoms with Gasteiger partial charge in [0.25, 0.3) is 0 Å². The summed E-state index contributed by atoms with van der Waals surface area (Å²) in [4.78, 5) is 22.6. The van der Waals surface area contributed by atoms with Crippen molar-refractivity contribution in [2.45, 2.75) is 26.7 Å². The highest BCUT2D eigenvalue weighted by Crippen LogP contribution is 2.30. The molecule has 0 fully saturated rings. The lowest BCUT2D eigenvalue weighted by atomic mass is 9.77. The predicted molar refractivity (Wildman–Crippen MR) is 59.4 cm³/mol. The van der Waals surface area contributed by atoms with Crippen LogP contribution in [0.3, 0.4) is 0 Å². The first-order valence-corrected chi connectivity index (χ1v) is 5.01. The van der Waals surface area contributed by atoms with Gasteiger partial charge in [-0.1, -0.05) is 5.92 Å². The van der Waals surface area contributed by atoms with Crippen LogP contribution in [-0.4, -0.2) is 26.2 Å². The maximum absolute atomic E-state index is 11.5. The zero-order valence-corrected chi connectivity index (χ0v) is 10.2. The maximum Gasteiger partial charge on any atom is 0.310 e. The first-order valence-electron chi connectivity index (χ1n) is 5.01. The molecule has 0 heterocycles. The third-order valence-corrected chi connectivity index (χ3v) is 2.59. The van der Waals surface area contributed by atoms with E-state index in [9.17, 15) is 9.59 Å². The van der Waals surface area contributed by atoms with Crippen molar-refractivity contribution in [3.63, 3.8) is 0 Å². The molecule has 0 aromatic carbocycles. The molecule has 0 N–H and O–H groups in total. The predicted octanol–water partition coefficient (Wildman–Crippen LogP) is 1.39. The summed E-state index contributed by atoms with van der Waals surface area (Å²) >= 11 is 0. The summed E-state index contributed by atoms with van der Waals surface area (Å²) in [6.45, 7) is 3.54. The van der Waals surface area contributed by atoms with Crippen molar-refractivity contribution in [2.24, 2.45) is 11.3 Å². The molecule has 0 aliphatic carbocycles. The lowest BCUT2D eigenvalue weighted by molar-refractivity contribution is -0.149. The molecule has 1 atom stereocenters. The number of terminal acetylenes is 1. The molecule has 0 aromatic rings. The van der Waals surface area contributed by atoms with E-state index in [1.54, 1.807) is 13.8 Å². The van der Waals surface area contributed by atoms with Gasteiger partial charge in [0.15, 0.2) is 0 Å². The fourth-order valence-electron chi connectivity index (χ4n) is 1.38. The second-order valence-corrected chi connectivity index (χ2v) is 4.06. The number of carbonyl (C=O) groups excluding carboxylic acids is 2. The van der Waals surface area contributed by atoms with Crippen molar-refractivity contribution in [3.05, 3.63) is 0 Å². The first kappa shape index (κ1) is 14.5. The Morgan fingerprint density at radius 3 is 2.25 bits per heavy atom. The number of rotatable bonds is 5. The Hall–Kier alpha value is -1.50. The van der Waals surface area contributed by atoms with Crippen LogP contribution in [0.4, 0.5) is 0 Å². The largest absolute Gasteiger partial charge is 0.469 e. The average molecular weight is 226 g/mol. The molecule has 0 bridgehead atoms. The highest BCUT2D eigenvalue weighted by molar-refractivity contribution is 5.75. The Balaban J connectivity index is 4.65. The fraction of sp³-hybridized carbons (Fsp3) is 0.667. The molecule has 0 saturated carbocycles. The van der Waals surface area contributed by atoms with Crippen LogP contribution in [0.15, 0.2) is 0 Å². The first-order chi connectivity index (χ1) is 7.38. The van der Waals surface area contributed by atoms with Gasteiger partial charge in [-0.3, -0.25) is 9.59 Å². The summed E-state index contributed by atoms with van der Waals surface area (Å²) in [6, 6.07) is 0. The van der Waals surface area contributed by atoms with Gasteiger partial charge >= 0.3 is 11.9 Å². The molecule has 0 spiro atoms. The molecule has 0 saturated heterocycles. The van der Waals surface area contributed by atoms with Crippen LogP contribution < -0.4 is 0 Å². The van der Waals surface area contributed by atoms with E-state index in [1.807, 2.05) is 0 Å². The molecule has 4 heteroatoms. The van der Waals surface area contributed by atoms with Gasteiger partial charge in [0.2, 0.25) is 0 Å². The Labute approximate surface area is 96.3 Å². The molecule has 1 unspecified atom stereocenters. The van der Waals surface area contributed by atoms with Gasteiger partial charge in [-0.25, -0.2) is 0 Å². The van der Waals surface area contributed by atoms with Crippen molar-refractivity contribution in [2.75, 3.05) is 14.2 Å². The van der Waals surface area contributed by atoms with Crippen LogP contribution in [0.1, 0.15) is 26.7 Å². The Kier molecular flexibility index (Phi) is 5.59. The minimum Gasteiger partial charge on any atom is -0.469 e. The standard InChI is InChI=1S/C12H18O4/c1-6-12(2,3)9(11(14)16-5)7-8-10(13)15-4/h1,9H,7-8H2,2-5H3. The Bertz CT molecular complexity index is 299. The van der Waals surface area contributed by atoms with Crippen LogP contribution in [0.2, 0.25) is 0 Å². The van der Waals surface area contributed by atoms with E-state index in [4.69, 9.17) is 6.42 Å². The molecule has 16 heavy (non-hydrogen) atoms. The van der Waals surface area contributed by atoms with Crippen LogP contribution in [0, 0.1) is 23.7 Å². The maximum atomic E-state index is 11.5. The quantitative estimate of drug-likeness (QED) is 0.525. The van der Waals surface area contributed by atoms with Crippen LogP contribution in [0.5, 0.6) is 0 Å². The third-order valence-electron chi connectivity index (χ3n) is 2.59. The van der Waals surface area contributed by atoms with Gasteiger partial charge in [0.1, 0.15) is 0 Å². The molecule has 0 rings (SSSR count). The normalized spacial score (nSPS) is 12.4. The monoisotopic (exact) mass is 226 g/mol. The molecule has 0 radical (unpaired) electrons. The molecular weight excluding hydrogens is 208 g/mol. The minimum atomic E-state index is -0.638. The van der Waals surface area contributed by atoms with E-state index in [0.29, 0.717) is 6.42 Å². The minimum absolute atomic E-state index is 0.154. The van der Waals surface area contributed by atoms with Gasteiger partial charge in [0.05, 0.1) is 20.1 Å². The van der Waals surface area contributed by atoms with Gasteiger partial charge in [0, 0.05) is 11.8 Å². The van der Waals surface area contributed by atoms with Gasteiger partial charge in [-0.2, -0.15) is 0 Å². The summed E-state index contributed by atoms with van der Waals surface area (Å²) < 4.78 is 9.20. The zero-order chi connectivity index (χ0) is 12.8. The number of hydrogen-bond acceptors (Lipinski definition) is 4. The average Bonchev–Trinajstić information content (AvgIpc) is 2.28. The van der Waals surface area contributed by atoms with Crippen LogP contribution in [-0.2, 0) is 19.1 Å². The van der Waals surface area contributed by atoms with Crippen molar-refractivity contribution in [1.29, 1.82) is 0 Å². The number of methoxy groups -OCH3 is 2. The molecule has 0 aromatic heterocycles. The topological polar surface area (TPSA) is 52.6 Å². The summed E-state index contributed by atoms with van der Waals surface area (Å²) in [6.07, 6.45) is 5.85. The molecule has 4 nitrogen and oxygen atoms in total. The molecular formula is C12H18O4. The SMILES string of the molecule is C#CC(C)(C)C(CCC(=O)OC)C(=O)OC. The highest BCUT2D eigenvalue weighted by Gasteiger charge is 2.34. The molecule has 0 amide bonds.